The average Bonchev–Trinajstić information content (AvgIpc) is 2.53. The molecule has 0 N–H and O–H groups in total. The molecule has 0 radical (unpaired) electrons. The second-order valence-corrected chi connectivity index (χ2v) is 4.33. The number of ether oxygens (including phenoxy) is 1. The van der Waals surface area contributed by atoms with Crippen molar-refractivity contribution in [1.82, 2.24) is 9.97 Å². The lowest BCUT2D eigenvalue weighted by molar-refractivity contribution is 0.0601. The van der Waals surface area contributed by atoms with Crippen molar-refractivity contribution in [3.8, 4) is 11.1 Å². The third kappa shape index (κ3) is 2.23. The third-order valence-corrected chi connectivity index (χ3v) is 3.09. The average molecular weight is 264 g/mol. The number of carbonyl (C=O) groups excluding carboxylic acids is 1. The molecule has 0 saturated heterocycles. The van der Waals surface area contributed by atoms with Crippen LogP contribution >= 0.6 is 0 Å². The molecule has 2 aromatic carbocycles. The zero-order chi connectivity index (χ0) is 13.9. The Morgan fingerprint density at radius 2 is 1.70 bits per heavy atom. The summed E-state index contributed by atoms with van der Waals surface area (Å²) >= 11 is 0. The summed E-state index contributed by atoms with van der Waals surface area (Å²) in [7, 11) is 1.38. The number of carbonyl (C=O) groups is 1. The molecule has 0 bridgehead atoms. The summed E-state index contributed by atoms with van der Waals surface area (Å²) in [4.78, 5) is 20.1. The SMILES string of the molecule is COC(=O)c1cccc(-c2ccc3nccnc3c2)c1. The van der Waals surface area contributed by atoms with Gasteiger partial charge in [-0.1, -0.05) is 18.2 Å². The first-order valence-corrected chi connectivity index (χ1v) is 6.17. The maximum atomic E-state index is 11.6. The van der Waals surface area contributed by atoms with E-state index in [2.05, 4.69) is 9.97 Å². The van der Waals surface area contributed by atoms with Gasteiger partial charge >= 0.3 is 5.97 Å². The number of esters is 1. The highest BCUT2D eigenvalue weighted by Crippen LogP contribution is 2.23. The normalized spacial score (nSPS) is 10.4. The molecule has 98 valence electrons. The van der Waals surface area contributed by atoms with E-state index in [9.17, 15) is 4.79 Å². The Balaban J connectivity index is 2.08. The van der Waals surface area contributed by atoms with E-state index in [1.54, 1.807) is 18.5 Å². The Labute approximate surface area is 116 Å². The maximum Gasteiger partial charge on any atom is 0.337 e. The Bertz CT molecular complexity index is 784. The van der Waals surface area contributed by atoms with Crippen LogP contribution in [0.1, 0.15) is 10.4 Å². The van der Waals surface area contributed by atoms with Crippen LogP contribution in [0.2, 0.25) is 0 Å². The smallest absolute Gasteiger partial charge is 0.337 e. The molecule has 20 heavy (non-hydrogen) atoms. The fourth-order valence-electron chi connectivity index (χ4n) is 2.09. The van der Waals surface area contributed by atoms with Crippen molar-refractivity contribution in [3.63, 3.8) is 0 Å². The first-order valence-electron chi connectivity index (χ1n) is 6.17. The fourth-order valence-corrected chi connectivity index (χ4v) is 2.09. The first kappa shape index (κ1) is 12.3. The summed E-state index contributed by atoms with van der Waals surface area (Å²) in [5.41, 5.74) is 4.14. The maximum absolute atomic E-state index is 11.6. The zero-order valence-corrected chi connectivity index (χ0v) is 10.9. The van der Waals surface area contributed by atoms with Gasteiger partial charge in [0.25, 0.3) is 0 Å². The molecule has 0 atom stereocenters. The largest absolute Gasteiger partial charge is 0.465 e. The number of methoxy groups -OCH3 is 1. The Morgan fingerprint density at radius 1 is 0.950 bits per heavy atom. The van der Waals surface area contributed by atoms with Crippen molar-refractivity contribution in [2.75, 3.05) is 7.11 Å². The second kappa shape index (κ2) is 5.09. The summed E-state index contributed by atoms with van der Waals surface area (Å²) in [6.07, 6.45) is 3.33. The summed E-state index contributed by atoms with van der Waals surface area (Å²) in [5.74, 6) is -0.340. The topological polar surface area (TPSA) is 52.1 Å². The van der Waals surface area contributed by atoms with E-state index in [1.165, 1.54) is 7.11 Å². The highest BCUT2D eigenvalue weighted by Gasteiger charge is 2.07. The molecule has 4 heteroatoms. The van der Waals surface area contributed by atoms with Crippen molar-refractivity contribution in [3.05, 3.63) is 60.4 Å². The number of hydrogen-bond donors (Lipinski definition) is 0. The van der Waals surface area contributed by atoms with Gasteiger partial charge in [0.1, 0.15) is 0 Å². The van der Waals surface area contributed by atoms with Gasteiger partial charge in [-0.3, -0.25) is 9.97 Å². The minimum atomic E-state index is -0.340. The lowest BCUT2D eigenvalue weighted by atomic mass is 10.0. The molecule has 0 fully saturated rings. The molecule has 0 aliphatic carbocycles. The minimum Gasteiger partial charge on any atom is -0.465 e. The van der Waals surface area contributed by atoms with Gasteiger partial charge in [0.05, 0.1) is 23.7 Å². The van der Waals surface area contributed by atoms with Gasteiger partial charge in [-0.15, -0.1) is 0 Å². The molecule has 4 nitrogen and oxygen atoms in total. The molecule has 0 amide bonds. The van der Waals surface area contributed by atoms with Gasteiger partial charge in [0, 0.05) is 12.4 Å². The lowest BCUT2D eigenvalue weighted by Gasteiger charge is -2.05. The van der Waals surface area contributed by atoms with E-state index < -0.39 is 0 Å². The van der Waals surface area contributed by atoms with Crippen LogP contribution in [0.5, 0.6) is 0 Å². The van der Waals surface area contributed by atoms with Crippen LogP contribution in [0.15, 0.2) is 54.9 Å². The molecule has 0 spiro atoms. The van der Waals surface area contributed by atoms with Gasteiger partial charge < -0.3 is 4.74 Å². The Morgan fingerprint density at radius 3 is 2.50 bits per heavy atom. The molecule has 0 saturated carbocycles. The highest BCUT2D eigenvalue weighted by molar-refractivity contribution is 5.91. The zero-order valence-electron chi connectivity index (χ0n) is 10.9. The van der Waals surface area contributed by atoms with E-state index in [4.69, 9.17) is 4.74 Å². The Hall–Kier alpha value is -2.75. The quantitative estimate of drug-likeness (QED) is 0.667. The Kier molecular flexibility index (Phi) is 3.13. The molecule has 0 aliphatic rings. The van der Waals surface area contributed by atoms with Crippen molar-refractivity contribution >= 4 is 17.0 Å². The van der Waals surface area contributed by atoms with Crippen LogP contribution in [0.25, 0.3) is 22.2 Å². The predicted molar refractivity (Wildman–Crippen MR) is 76.3 cm³/mol. The highest BCUT2D eigenvalue weighted by atomic mass is 16.5. The van der Waals surface area contributed by atoms with Crippen molar-refractivity contribution < 1.29 is 9.53 Å². The van der Waals surface area contributed by atoms with Gasteiger partial charge in [0.15, 0.2) is 0 Å². The summed E-state index contributed by atoms with van der Waals surface area (Å²) in [6.45, 7) is 0. The van der Waals surface area contributed by atoms with Gasteiger partial charge in [-0.05, 0) is 35.4 Å². The summed E-state index contributed by atoms with van der Waals surface area (Å²) in [5, 5.41) is 0. The van der Waals surface area contributed by atoms with Crippen molar-refractivity contribution in [2.45, 2.75) is 0 Å². The van der Waals surface area contributed by atoms with Crippen LogP contribution in [-0.2, 0) is 4.74 Å². The molecule has 3 rings (SSSR count). The summed E-state index contributed by atoms with van der Waals surface area (Å²) < 4.78 is 4.74. The number of aromatic nitrogens is 2. The molecule has 0 aliphatic heterocycles. The first-order chi connectivity index (χ1) is 9.78. The number of hydrogen-bond acceptors (Lipinski definition) is 4. The van der Waals surface area contributed by atoms with Crippen LogP contribution in [0.4, 0.5) is 0 Å². The lowest BCUT2D eigenvalue weighted by Crippen LogP contribution is -2.00. The van der Waals surface area contributed by atoms with E-state index in [-0.39, 0.29) is 5.97 Å². The van der Waals surface area contributed by atoms with E-state index in [0.717, 1.165) is 22.2 Å². The molecule has 3 aromatic rings. The molecular weight excluding hydrogens is 252 g/mol. The monoisotopic (exact) mass is 264 g/mol. The van der Waals surface area contributed by atoms with Crippen LogP contribution < -0.4 is 0 Å². The predicted octanol–water partition coefficient (Wildman–Crippen LogP) is 3.08. The second-order valence-electron chi connectivity index (χ2n) is 4.33. The van der Waals surface area contributed by atoms with Crippen LogP contribution in [-0.4, -0.2) is 23.0 Å². The van der Waals surface area contributed by atoms with Gasteiger partial charge in [-0.25, -0.2) is 4.79 Å². The summed E-state index contributed by atoms with van der Waals surface area (Å²) in [6, 6.07) is 13.2. The molecule has 1 aromatic heterocycles. The van der Waals surface area contributed by atoms with Crippen molar-refractivity contribution in [1.29, 1.82) is 0 Å². The molecule has 1 heterocycles. The van der Waals surface area contributed by atoms with E-state index >= 15 is 0 Å². The van der Waals surface area contributed by atoms with E-state index in [1.807, 2.05) is 36.4 Å². The molecular formula is C16H12N2O2. The standard InChI is InChI=1S/C16H12N2O2/c1-20-16(19)13-4-2-3-11(9-13)12-5-6-14-15(10-12)18-8-7-17-14/h2-10H,1H3. The van der Waals surface area contributed by atoms with Gasteiger partial charge in [0.2, 0.25) is 0 Å². The van der Waals surface area contributed by atoms with E-state index in [0.29, 0.717) is 5.56 Å². The minimum absolute atomic E-state index is 0.340. The van der Waals surface area contributed by atoms with Crippen LogP contribution in [0, 0.1) is 0 Å². The van der Waals surface area contributed by atoms with Gasteiger partial charge in [-0.2, -0.15) is 0 Å². The number of rotatable bonds is 2. The van der Waals surface area contributed by atoms with Crippen LogP contribution in [0.3, 0.4) is 0 Å². The number of nitrogens with zero attached hydrogens (tertiary/aromatic N) is 2. The number of benzene rings is 2. The third-order valence-electron chi connectivity index (χ3n) is 3.09. The van der Waals surface area contributed by atoms with Crippen molar-refractivity contribution in [2.24, 2.45) is 0 Å². The molecule has 0 unspecified atom stereocenters. The number of fused-ring (bicyclic) bond motifs is 1. The fraction of sp³-hybridized carbons (Fsp3) is 0.0625.